The average molecular weight is 409 g/mol. The molecule has 0 aliphatic carbocycles. The Hall–Kier alpha value is -3.06. The normalized spacial score (nSPS) is 19.9. The van der Waals surface area contributed by atoms with Crippen LogP contribution in [0.15, 0.2) is 41.7 Å². The summed E-state index contributed by atoms with van der Waals surface area (Å²) in [6, 6.07) is 8.05. The highest BCUT2D eigenvalue weighted by Crippen LogP contribution is 2.47. The lowest BCUT2D eigenvalue weighted by atomic mass is 9.97. The second-order valence-electron chi connectivity index (χ2n) is 7.32. The zero-order valence-electron chi connectivity index (χ0n) is 17.7. The Morgan fingerprint density at radius 3 is 2.83 bits per heavy atom. The van der Waals surface area contributed by atoms with E-state index in [1.807, 2.05) is 18.2 Å². The SMILES string of the molecule is CCc1c(-c2cccc(OC)c2)nc2c(c1N1CCOCC1)OC(=N/C=C\N)C2C. The van der Waals surface area contributed by atoms with Gasteiger partial charge in [0.2, 0.25) is 5.90 Å². The summed E-state index contributed by atoms with van der Waals surface area (Å²) >= 11 is 0. The monoisotopic (exact) mass is 408 g/mol. The molecule has 158 valence electrons. The molecule has 2 N–H and O–H groups in total. The summed E-state index contributed by atoms with van der Waals surface area (Å²) in [4.78, 5) is 11.8. The molecule has 1 atom stereocenters. The molecule has 0 bridgehead atoms. The van der Waals surface area contributed by atoms with E-state index in [1.165, 1.54) is 6.20 Å². The van der Waals surface area contributed by atoms with Crippen molar-refractivity contribution < 1.29 is 14.2 Å². The minimum Gasteiger partial charge on any atom is -0.497 e. The van der Waals surface area contributed by atoms with E-state index in [0.717, 1.165) is 59.2 Å². The first kappa shape index (κ1) is 20.2. The van der Waals surface area contributed by atoms with Crippen LogP contribution in [0.25, 0.3) is 11.3 Å². The Balaban J connectivity index is 1.93. The molecule has 0 spiro atoms. The van der Waals surface area contributed by atoms with Gasteiger partial charge in [0.15, 0.2) is 5.75 Å². The molecule has 2 aliphatic rings. The van der Waals surface area contributed by atoms with E-state index in [0.29, 0.717) is 19.1 Å². The smallest absolute Gasteiger partial charge is 0.203 e. The lowest BCUT2D eigenvalue weighted by Gasteiger charge is -2.32. The zero-order chi connectivity index (χ0) is 21.1. The van der Waals surface area contributed by atoms with Gasteiger partial charge in [-0.1, -0.05) is 19.1 Å². The quantitative estimate of drug-likeness (QED) is 0.816. The highest BCUT2D eigenvalue weighted by atomic mass is 16.5. The fourth-order valence-corrected chi connectivity index (χ4v) is 4.03. The van der Waals surface area contributed by atoms with E-state index >= 15 is 0 Å². The van der Waals surface area contributed by atoms with Crippen molar-refractivity contribution in [2.24, 2.45) is 10.7 Å². The molecule has 1 aromatic heterocycles. The van der Waals surface area contributed by atoms with Gasteiger partial charge in [-0.3, -0.25) is 0 Å². The number of hydrogen-bond donors (Lipinski definition) is 1. The van der Waals surface area contributed by atoms with Gasteiger partial charge in [0, 0.05) is 36.6 Å². The lowest BCUT2D eigenvalue weighted by Crippen LogP contribution is -2.37. The first-order valence-electron chi connectivity index (χ1n) is 10.3. The number of fused-ring (bicyclic) bond motifs is 1. The first-order valence-corrected chi connectivity index (χ1v) is 10.3. The number of aromatic nitrogens is 1. The van der Waals surface area contributed by atoms with Gasteiger partial charge in [0.1, 0.15) is 5.75 Å². The highest BCUT2D eigenvalue weighted by molar-refractivity contribution is 5.94. The Morgan fingerprint density at radius 1 is 1.33 bits per heavy atom. The van der Waals surface area contributed by atoms with Gasteiger partial charge in [-0.05, 0) is 25.5 Å². The molecule has 1 fully saturated rings. The number of rotatable bonds is 5. The maximum atomic E-state index is 6.26. The van der Waals surface area contributed by atoms with Gasteiger partial charge in [-0.25, -0.2) is 9.98 Å². The van der Waals surface area contributed by atoms with E-state index in [1.54, 1.807) is 13.3 Å². The molecule has 2 aliphatic heterocycles. The Labute approximate surface area is 177 Å². The summed E-state index contributed by atoms with van der Waals surface area (Å²) in [6.07, 6.45) is 3.78. The molecule has 0 radical (unpaired) electrons. The number of methoxy groups -OCH3 is 1. The van der Waals surface area contributed by atoms with Crippen molar-refractivity contribution in [3.63, 3.8) is 0 Å². The highest BCUT2D eigenvalue weighted by Gasteiger charge is 2.36. The Kier molecular flexibility index (Phi) is 5.90. The van der Waals surface area contributed by atoms with Crippen LogP contribution in [-0.4, -0.2) is 44.3 Å². The number of morpholine rings is 1. The van der Waals surface area contributed by atoms with Gasteiger partial charge in [-0.15, -0.1) is 0 Å². The zero-order valence-corrected chi connectivity index (χ0v) is 17.7. The third-order valence-corrected chi connectivity index (χ3v) is 5.55. The number of pyridine rings is 1. The van der Waals surface area contributed by atoms with Crippen LogP contribution in [0.4, 0.5) is 5.69 Å². The van der Waals surface area contributed by atoms with Crippen LogP contribution in [0.1, 0.15) is 31.0 Å². The topological polar surface area (TPSA) is 82.2 Å². The fourth-order valence-electron chi connectivity index (χ4n) is 4.03. The van der Waals surface area contributed by atoms with Crippen LogP contribution in [-0.2, 0) is 11.2 Å². The molecular formula is C23H28N4O3. The number of benzene rings is 1. The van der Waals surface area contributed by atoms with Crippen molar-refractivity contribution in [1.82, 2.24) is 4.98 Å². The van der Waals surface area contributed by atoms with Gasteiger partial charge in [0.25, 0.3) is 0 Å². The Morgan fingerprint density at radius 2 is 2.13 bits per heavy atom. The minimum absolute atomic E-state index is 0.0637. The predicted octanol–water partition coefficient (Wildman–Crippen LogP) is 3.48. The van der Waals surface area contributed by atoms with Crippen molar-refractivity contribution in [3.05, 3.63) is 47.9 Å². The van der Waals surface area contributed by atoms with E-state index in [9.17, 15) is 0 Å². The maximum Gasteiger partial charge on any atom is 0.203 e. The number of nitrogens with zero attached hydrogens (tertiary/aromatic N) is 3. The van der Waals surface area contributed by atoms with Crippen molar-refractivity contribution in [1.29, 1.82) is 0 Å². The second kappa shape index (κ2) is 8.75. The standard InChI is InChI=1S/C23H28N4O3/c1-4-18-20(16-6-5-7-17(14-16)28-3)26-19-15(2)23(25-9-8-24)30-22(19)21(18)27-10-12-29-13-11-27/h5-9,14-15H,4,10-13,24H2,1-3H3/b9-8-,25-23?. The number of aliphatic imine (C=N–C) groups is 1. The maximum absolute atomic E-state index is 6.26. The summed E-state index contributed by atoms with van der Waals surface area (Å²) in [6.45, 7) is 7.23. The van der Waals surface area contributed by atoms with Gasteiger partial charge in [-0.2, -0.15) is 0 Å². The minimum atomic E-state index is -0.0637. The summed E-state index contributed by atoms with van der Waals surface area (Å²) in [5, 5.41) is 0. The third kappa shape index (κ3) is 3.61. The van der Waals surface area contributed by atoms with Crippen molar-refractivity contribution in [2.45, 2.75) is 26.2 Å². The largest absolute Gasteiger partial charge is 0.497 e. The lowest BCUT2D eigenvalue weighted by molar-refractivity contribution is 0.122. The predicted molar refractivity (Wildman–Crippen MR) is 118 cm³/mol. The molecular weight excluding hydrogens is 380 g/mol. The summed E-state index contributed by atoms with van der Waals surface area (Å²) in [5.41, 5.74) is 10.6. The van der Waals surface area contributed by atoms with Crippen LogP contribution < -0.4 is 20.1 Å². The summed E-state index contributed by atoms with van der Waals surface area (Å²) in [7, 11) is 1.68. The molecule has 30 heavy (non-hydrogen) atoms. The molecule has 7 heteroatoms. The van der Waals surface area contributed by atoms with Crippen LogP contribution in [0.5, 0.6) is 11.5 Å². The van der Waals surface area contributed by atoms with Gasteiger partial charge in [0.05, 0.1) is 43.3 Å². The number of anilines is 1. The van der Waals surface area contributed by atoms with E-state index in [2.05, 4.69) is 29.8 Å². The van der Waals surface area contributed by atoms with Crippen molar-refractivity contribution >= 4 is 11.6 Å². The van der Waals surface area contributed by atoms with E-state index < -0.39 is 0 Å². The number of hydrogen-bond acceptors (Lipinski definition) is 7. The van der Waals surface area contributed by atoms with Crippen molar-refractivity contribution in [2.75, 3.05) is 38.3 Å². The van der Waals surface area contributed by atoms with Crippen LogP contribution in [0, 0.1) is 0 Å². The fraction of sp³-hybridized carbons (Fsp3) is 0.391. The molecule has 4 rings (SSSR count). The molecule has 7 nitrogen and oxygen atoms in total. The van der Waals surface area contributed by atoms with E-state index in [-0.39, 0.29) is 5.92 Å². The van der Waals surface area contributed by atoms with E-state index in [4.69, 9.17) is 24.9 Å². The molecule has 1 unspecified atom stereocenters. The van der Waals surface area contributed by atoms with Crippen LogP contribution >= 0.6 is 0 Å². The molecule has 2 aromatic rings. The molecule has 0 amide bonds. The summed E-state index contributed by atoms with van der Waals surface area (Å²) < 4.78 is 17.3. The first-order chi connectivity index (χ1) is 14.7. The van der Waals surface area contributed by atoms with Crippen LogP contribution in [0.2, 0.25) is 0 Å². The van der Waals surface area contributed by atoms with Crippen molar-refractivity contribution in [3.8, 4) is 22.8 Å². The third-order valence-electron chi connectivity index (χ3n) is 5.55. The average Bonchev–Trinajstić information content (AvgIpc) is 3.12. The number of nitrogens with two attached hydrogens (primary N) is 1. The Bertz CT molecular complexity index is 981. The summed E-state index contributed by atoms with van der Waals surface area (Å²) in [5.74, 6) is 2.16. The number of ether oxygens (including phenoxy) is 3. The van der Waals surface area contributed by atoms with Crippen LogP contribution in [0.3, 0.4) is 0 Å². The molecule has 1 aromatic carbocycles. The molecule has 3 heterocycles. The molecule has 0 saturated carbocycles. The molecule has 1 saturated heterocycles. The second-order valence-corrected chi connectivity index (χ2v) is 7.32. The van der Waals surface area contributed by atoms with Gasteiger partial charge >= 0.3 is 0 Å². The van der Waals surface area contributed by atoms with Gasteiger partial charge < -0.3 is 24.8 Å².